The Morgan fingerprint density at radius 1 is 0.739 bits per heavy atom. The molecule has 0 heterocycles. The quantitative estimate of drug-likeness (QED) is 0.694. The van der Waals surface area contributed by atoms with Crippen molar-refractivity contribution in [3.63, 3.8) is 0 Å². The van der Waals surface area contributed by atoms with Crippen LogP contribution in [0, 0.1) is 0 Å². The second-order valence-electron chi connectivity index (χ2n) is 4.99. The molecular formula is C18H22BO4. The molecular weight excluding hydrogens is 291 g/mol. The summed E-state index contributed by atoms with van der Waals surface area (Å²) in [6, 6.07) is 11.4. The normalized spacial score (nSPS) is 10.1. The lowest BCUT2D eigenvalue weighted by atomic mass is 10.1. The van der Waals surface area contributed by atoms with Crippen molar-refractivity contribution in [2.45, 2.75) is 26.7 Å². The molecule has 121 valence electrons. The smallest absolute Gasteiger partial charge is 0.526 e. The predicted molar refractivity (Wildman–Crippen MR) is 91.8 cm³/mol. The summed E-state index contributed by atoms with van der Waals surface area (Å²) in [5, 5.41) is 0. The maximum Gasteiger partial charge on any atom is 0.658 e. The van der Waals surface area contributed by atoms with Gasteiger partial charge in [-0.05, 0) is 60.4 Å². The largest absolute Gasteiger partial charge is 0.658 e. The van der Waals surface area contributed by atoms with Crippen LogP contribution in [-0.4, -0.2) is 21.9 Å². The lowest BCUT2D eigenvalue weighted by Crippen LogP contribution is -2.11. The Bertz CT molecular complexity index is 587. The summed E-state index contributed by atoms with van der Waals surface area (Å²) in [7, 11) is 4.67. The third kappa shape index (κ3) is 4.34. The highest BCUT2D eigenvalue weighted by Gasteiger charge is 2.08. The third-order valence-electron chi connectivity index (χ3n) is 3.63. The minimum Gasteiger partial charge on any atom is -0.526 e. The van der Waals surface area contributed by atoms with Crippen molar-refractivity contribution in [1.82, 2.24) is 0 Å². The van der Waals surface area contributed by atoms with Gasteiger partial charge in [0.2, 0.25) is 0 Å². The Balaban J connectivity index is 1.97. The van der Waals surface area contributed by atoms with E-state index >= 15 is 0 Å². The highest BCUT2D eigenvalue weighted by atomic mass is 16.6. The average Bonchev–Trinajstić information content (AvgIpc) is 2.61. The van der Waals surface area contributed by atoms with Crippen LogP contribution in [-0.2, 0) is 12.8 Å². The molecule has 2 rings (SSSR count). The van der Waals surface area contributed by atoms with E-state index in [1.807, 2.05) is 36.4 Å². The van der Waals surface area contributed by atoms with E-state index in [1.165, 1.54) is 7.69 Å². The molecule has 23 heavy (non-hydrogen) atoms. The van der Waals surface area contributed by atoms with Crippen LogP contribution in [0.25, 0.3) is 0 Å². The lowest BCUT2D eigenvalue weighted by Gasteiger charge is -2.12. The van der Waals surface area contributed by atoms with Gasteiger partial charge in [-0.2, -0.15) is 0 Å². The average molecular weight is 313 g/mol. The number of methoxy groups -OCH3 is 2. The fourth-order valence-electron chi connectivity index (χ4n) is 2.34. The molecule has 2 aromatic carbocycles. The van der Waals surface area contributed by atoms with Crippen LogP contribution in [0.2, 0.25) is 0 Å². The SMILES string of the molecule is CCc1cc(O[B]Oc2ccc(OC)c(CC)c2)ccc1OC. The van der Waals surface area contributed by atoms with Gasteiger partial charge >= 0.3 is 7.69 Å². The number of ether oxygens (including phenoxy) is 2. The summed E-state index contributed by atoms with van der Waals surface area (Å²) in [5.41, 5.74) is 2.19. The van der Waals surface area contributed by atoms with E-state index in [-0.39, 0.29) is 0 Å². The van der Waals surface area contributed by atoms with Crippen LogP contribution in [0.5, 0.6) is 23.0 Å². The molecule has 0 unspecified atom stereocenters. The zero-order valence-corrected chi connectivity index (χ0v) is 14.1. The molecule has 5 heteroatoms. The molecule has 0 amide bonds. The minimum atomic E-state index is 0.715. The van der Waals surface area contributed by atoms with Gasteiger partial charge in [0.1, 0.15) is 23.0 Å². The van der Waals surface area contributed by atoms with Gasteiger partial charge in [0.05, 0.1) is 14.2 Å². The van der Waals surface area contributed by atoms with Gasteiger partial charge in [-0.1, -0.05) is 13.8 Å². The summed E-state index contributed by atoms with van der Waals surface area (Å²) in [4.78, 5) is 0. The maximum absolute atomic E-state index is 5.55. The van der Waals surface area contributed by atoms with Crippen LogP contribution in [0.1, 0.15) is 25.0 Å². The van der Waals surface area contributed by atoms with Crippen LogP contribution in [0.4, 0.5) is 0 Å². The second kappa shape index (κ2) is 8.37. The van der Waals surface area contributed by atoms with Crippen molar-refractivity contribution >= 4 is 7.69 Å². The van der Waals surface area contributed by atoms with E-state index in [0.717, 1.165) is 35.5 Å². The molecule has 0 saturated heterocycles. The van der Waals surface area contributed by atoms with Crippen LogP contribution < -0.4 is 18.8 Å². The summed E-state index contributed by atoms with van der Waals surface area (Å²) >= 11 is 0. The number of aryl methyl sites for hydroxylation is 2. The summed E-state index contributed by atoms with van der Waals surface area (Å²) in [5.74, 6) is 3.16. The molecule has 0 spiro atoms. The van der Waals surface area contributed by atoms with Gasteiger partial charge in [-0.15, -0.1) is 0 Å². The molecule has 0 fully saturated rings. The molecule has 0 N–H and O–H groups in total. The highest BCUT2D eigenvalue weighted by molar-refractivity contribution is 6.20. The van der Waals surface area contributed by atoms with Crippen molar-refractivity contribution in [3.05, 3.63) is 47.5 Å². The molecule has 0 bridgehead atoms. The van der Waals surface area contributed by atoms with Gasteiger partial charge in [-0.3, -0.25) is 0 Å². The number of benzene rings is 2. The molecule has 0 atom stereocenters. The summed E-state index contributed by atoms with van der Waals surface area (Å²) in [6.45, 7) is 4.15. The Morgan fingerprint density at radius 3 is 1.52 bits per heavy atom. The molecule has 0 saturated carbocycles. The monoisotopic (exact) mass is 313 g/mol. The Labute approximate surface area is 138 Å². The van der Waals surface area contributed by atoms with Gasteiger partial charge < -0.3 is 18.8 Å². The Morgan fingerprint density at radius 2 is 1.17 bits per heavy atom. The predicted octanol–water partition coefficient (Wildman–Crippen LogP) is 3.82. The van der Waals surface area contributed by atoms with E-state index < -0.39 is 0 Å². The number of hydrogen-bond acceptors (Lipinski definition) is 4. The van der Waals surface area contributed by atoms with Gasteiger partial charge in [0.25, 0.3) is 0 Å². The van der Waals surface area contributed by atoms with Crippen LogP contribution in [0.3, 0.4) is 0 Å². The molecule has 0 aliphatic rings. The number of hydrogen-bond donors (Lipinski definition) is 0. The fourth-order valence-corrected chi connectivity index (χ4v) is 2.34. The fraction of sp³-hybridized carbons (Fsp3) is 0.333. The van der Waals surface area contributed by atoms with Gasteiger partial charge in [0.15, 0.2) is 0 Å². The van der Waals surface area contributed by atoms with Gasteiger partial charge in [-0.25, -0.2) is 0 Å². The van der Waals surface area contributed by atoms with E-state index in [9.17, 15) is 0 Å². The number of rotatable bonds is 8. The topological polar surface area (TPSA) is 36.9 Å². The van der Waals surface area contributed by atoms with Crippen LogP contribution >= 0.6 is 0 Å². The first-order chi connectivity index (χ1) is 11.2. The molecule has 2 aromatic rings. The standard InChI is InChI=1S/C18H22BO4/c1-5-13-11-15(7-9-17(13)20-3)22-19-23-16-8-10-18(21-4)14(6-2)12-16/h7-12H,5-6H2,1-4H3. The van der Waals surface area contributed by atoms with Crippen molar-refractivity contribution < 1.29 is 18.8 Å². The zero-order valence-electron chi connectivity index (χ0n) is 14.1. The molecule has 1 radical (unpaired) electrons. The second-order valence-corrected chi connectivity index (χ2v) is 4.99. The molecule has 0 aliphatic carbocycles. The first-order valence-corrected chi connectivity index (χ1v) is 7.70. The highest BCUT2D eigenvalue weighted by Crippen LogP contribution is 2.26. The van der Waals surface area contributed by atoms with Crippen LogP contribution in [0.15, 0.2) is 36.4 Å². The third-order valence-corrected chi connectivity index (χ3v) is 3.63. The summed E-state index contributed by atoms with van der Waals surface area (Å²) in [6.07, 6.45) is 1.75. The van der Waals surface area contributed by atoms with Crippen molar-refractivity contribution in [2.24, 2.45) is 0 Å². The first-order valence-electron chi connectivity index (χ1n) is 7.70. The molecule has 4 nitrogen and oxygen atoms in total. The van der Waals surface area contributed by atoms with Gasteiger partial charge in [0, 0.05) is 0 Å². The van der Waals surface area contributed by atoms with E-state index in [0.29, 0.717) is 11.5 Å². The van der Waals surface area contributed by atoms with E-state index in [4.69, 9.17) is 18.8 Å². The minimum absolute atomic E-state index is 0.715. The maximum atomic E-state index is 5.55. The molecule has 0 aliphatic heterocycles. The van der Waals surface area contributed by atoms with Crippen molar-refractivity contribution in [1.29, 1.82) is 0 Å². The molecule has 0 aromatic heterocycles. The zero-order chi connectivity index (χ0) is 16.7. The Kier molecular flexibility index (Phi) is 6.21. The Hall–Kier alpha value is -2.30. The van der Waals surface area contributed by atoms with Crippen molar-refractivity contribution in [3.8, 4) is 23.0 Å². The van der Waals surface area contributed by atoms with Crippen molar-refractivity contribution in [2.75, 3.05) is 14.2 Å². The summed E-state index contributed by atoms with van der Waals surface area (Å²) < 4.78 is 21.7. The lowest BCUT2D eigenvalue weighted by molar-refractivity contribution is 0.406. The first kappa shape index (κ1) is 17.1. The van der Waals surface area contributed by atoms with E-state index in [2.05, 4.69) is 13.8 Å². The van der Waals surface area contributed by atoms with E-state index in [1.54, 1.807) is 14.2 Å².